The van der Waals surface area contributed by atoms with Crippen LogP contribution in [-0.4, -0.2) is 21.0 Å². The summed E-state index contributed by atoms with van der Waals surface area (Å²) in [7, 11) is 0. The molecule has 4 rings (SSSR count). The van der Waals surface area contributed by atoms with Gasteiger partial charge in [-0.2, -0.15) is 0 Å². The Morgan fingerprint density at radius 2 is 1.69 bits per heavy atom. The second-order valence-corrected chi connectivity index (χ2v) is 8.53. The fourth-order valence-corrected chi connectivity index (χ4v) is 3.64. The summed E-state index contributed by atoms with van der Waals surface area (Å²) in [6.07, 6.45) is 3.19. The van der Waals surface area contributed by atoms with Gasteiger partial charge < -0.3 is 10.1 Å². The van der Waals surface area contributed by atoms with E-state index in [2.05, 4.69) is 20.3 Å². The van der Waals surface area contributed by atoms with Crippen molar-refractivity contribution >= 4 is 16.7 Å². The summed E-state index contributed by atoms with van der Waals surface area (Å²) in [5.74, 6) is -1.66. The Kier molecular flexibility index (Phi) is 6.86. The normalized spacial score (nSPS) is 13.9. The number of halogens is 4. The highest BCUT2D eigenvalue weighted by Gasteiger charge is 2.25. The Hall–Kier alpha value is -3.75. The number of alkyl halides is 1. The zero-order valence-electron chi connectivity index (χ0n) is 19.4. The number of nitrogens with one attached hydrogen (secondary N) is 1. The number of nitrogens with zero attached hydrogens (tertiary/aromatic N) is 3. The predicted molar refractivity (Wildman–Crippen MR) is 126 cm³/mol. The van der Waals surface area contributed by atoms with E-state index in [9.17, 15) is 17.6 Å². The second-order valence-electron chi connectivity index (χ2n) is 8.53. The van der Waals surface area contributed by atoms with Gasteiger partial charge in [-0.05, 0) is 62.6 Å². The zero-order valence-corrected chi connectivity index (χ0v) is 19.4. The van der Waals surface area contributed by atoms with Crippen LogP contribution in [0, 0.1) is 17.5 Å². The van der Waals surface area contributed by atoms with Gasteiger partial charge >= 0.3 is 0 Å². The van der Waals surface area contributed by atoms with E-state index in [0.29, 0.717) is 12.2 Å². The molecular formula is C26H24F4N4O. The molecule has 0 saturated heterocycles. The van der Waals surface area contributed by atoms with Crippen LogP contribution < -0.4 is 10.1 Å². The lowest BCUT2D eigenvalue weighted by Crippen LogP contribution is -2.19. The van der Waals surface area contributed by atoms with Crippen molar-refractivity contribution in [2.45, 2.75) is 45.3 Å². The zero-order chi connectivity index (χ0) is 25.2. The smallest absolute Gasteiger partial charge is 0.255 e. The highest BCUT2D eigenvalue weighted by atomic mass is 19.1. The maximum Gasteiger partial charge on any atom is 0.255 e. The minimum Gasteiger partial charge on any atom is -0.436 e. The Labute approximate surface area is 200 Å². The van der Waals surface area contributed by atoms with Gasteiger partial charge in [0.25, 0.3) is 5.88 Å². The molecule has 2 aromatic carbocycles. The average Bonchev–Trinajstić information content (AvgIpc) is 2.84. The summed E-state index contributed by atoms with van der Waals surface area (Å²) in [5, 5.41) is 3.10. The summed E-state index contributed by atoms with van der Waals surface area (Å²) in [5.41, 5.74) is -0.685. The maximum atomic E-state index is 14.4. The highest BCUT2D eigenvalue weighted by molar-refractivity contribution is 5.89. The van der Waals surface area contributed by atoms with Crippen molar-refractivity contribution in [3.8, 4) is 11.6 Å². The monoisotopic (exact) mass is 484 g/mol. The van der Waals surface area contributed by atoms with Crippen molar-refractivity contribution in [3.05, 3.63) is 83.6 Å². The van der Waals surface area contributed by atoms with Gasteiger partial charge in [0.2, 0.25) is 0 Å². The van der Waals surface area contributed by atoms with Crippen molar-refractivity contribution < 1.29 is 22.3 Å². The van der Waals surface area contributed by atoms with E-state index in [1.54, 1.807) is 31.2 Å². The molecule has 2 unspecified atom stereocenters. The van der Waals surface area contributed by atoms with E-state index < -0.39 is 23.1 Å². The number of pyridine rings is 1. The van der Waals surface area contributed by atoms with E-state index in [-0.39, 0.29) is 40.6 Å². The average molecular weight is 484 g/mol. The number of aromatic nitrogens is 3. The number of anilines is 1. The van der Waals surface area contributed by atoms with Gasteiger partial charge in [-0.3, -0.25) is 0 Å². The van der Waals surface area contributed by atoms with Crippen molar-refractivity contribution in [3.63, 3.8) is 0 Å². The number of hydrogen-bond donors (Lipinski definition) is 1. The predicted octanol–water partition coefficient (Wildman–Crippen LogP) is 6.87. The van der Waals surface area contributed by atoms with Crippen LogP contribution in [0.1, 0.15) is 38.3 Å². The topological polar surface area (TPSA) is 59.9 Å². The highest BCUT2D eigenvalue weighted by Crippen LogP contribution is 2.32. The van der Waals surface area contributed by atoms with Gasteiger partial charge in [0, 0.05) is 17.8 Å². The molecule has 0 aliphatic heterocycles. The van der Waals surface area contributed by atoms with Crippen LogP contribution in [0.3, 0.4) is 0 Å². The number of rotatable bonds is 8. The lowest BCUT2D eigenvalue weighted by atomic mass is 9.97. The minimum absolute atomic E-state index is 0.00402. The largest absolute Gasteiger partial charge is 0.436 e. The first-order valence-corrected chi connectivity index (χ1v) is 11.1. The minimum atomic E-state index is -1.67. The number of fused-ring (bicyclic) bond motifs is 1. The van der Waals surface area contributed by atoms with E-state index in [1.807, 2.05) is 6.92 Å². The first-order chi connectivity index (χ1) is 16.7. The molecule has 0 aliphatic rings. The standard InChI is InChI=1S/C26H24F4N4O/c1-4-26(3,30)17-12-21(29)25(31-13-17)35-18-7-5-16(6-8-18)11-15(2)34-24-22-19(27)9-10-20(28)23(22)32-14-33-24/h5-10,12-15H,4,11H2,1-3H3,(H,32,33,34). The van der Waals surface area contributed by atoms with E-state index in [0.717, 1.165) is 23.8 Å². The molecule has 2 aromatic heterocycles. The van der Waals surface area contributed by atoms with Gasteiger partial charge in [0.05, 0.1) is 5.39 Å². The molecule has 0 spiro atoms. The van der Waals surface area contributed by atoms with Gasteiger partial charge in [0.1, 0.15) is 40.7 Å². The van der Waals surface area contributed by atoms with E-state index in [1.165, 1.54) is 19.4 Å². The molecule has 0 saturated carbocycles. The molecule has 182 valence electrons. The molecule has 0 radical (unpaired) electrons. The summed E-state index contributed by atoms with van der Waals surface area (Å²) < 4.78 is 62.6. The van der Waals surface area contributed by atoms with Crippen LogP contribution in [0.15, 0.2) is 55.0 Å². The maximum absolute atomic E-state index is 14.4. The summed E-state index contributed by atoms with van der Waals surface area (Å²) in [6.45, 7) is 4.93. The quantitative estimate of drug-likeness (QED) is 0.277. The van der Waals surface area contributed by atoms with E-state index >= 15 is 0 Å². The van der Waals surface area contributed by atoms with Crippen LogP contribution >= 0.6 is 0 Å². The molecule has 1 N–H and O–H groups in total. The van der Waals surface area contributed by atoms with Crippen molar-refractivity contribution in [1.29, 1.82) is 0 Å². The first-order valence-electron chi connectivity index (χ1n) is 11.1. The number of hydrogen-bond acceptors (Lipinski definition) is 5. The van der Waals surface area contributed by atoms with Crippen LogP contribution in [0.5, 0.6) is 11.6 Å². The third-order valence-corrected chi connectivity index (χ3v) is 5.82. The molecular weight excluding hydrogens is 460 g/mol. The third kappa shape index (κ3) is 5.34. The summed E-state index contributed by atoms with van der Waals surface area (Å²) in [6, 6.07) is 9.92. The Morgan fingerprint density at radius 3 is 2.37 bits per heavy atom. The fraction of sp³-hybridized carbons (Fsp3) is 0.269. The molecule has 4 aromatic rings. The third-order valence-electron chi connectivity index (χ3n) is 5.82. The lowest BCUT2D eigenvalue weighted by molar-refractivity contribution is 0.184. The number of ether oxygens (including phenoxy) is 1. The molecule has 5 nitrogen and oxygen atoms in total. The van der Waals surface area contributed by atoms with Crippen LogP contribution in [0.2, 0.25) is 0 Å². The first kappa shape index (κ1) is 24.4. The summed E-state index contributed by atoms with van der Waals surface area (Å²) >= 11 is 0. The second kappa shape index (κ2) is 9.85. The molecule has 35 heavy (non-hydrogen) atoms. The Morgan fingerprint density at radius 1 is 0.971 bits per heavy atom. The van der Waals surface area contributed by atoms with E-state index in [4.69, 9.17) is 4.74 Å². The molecule has 2 atom stereocenters. The van der Waals surface area contributed by atoms with Crippen LogP contribution in [-0.2, 0) is 12.1 Å². The fourth-order valence-electron chi connectivity index (χ4n) is 3.64. The molecule has 0 amide bonds. The molecule has 9 heteroatoms. The SMILES string of the molecule is CCC(C)(F)c1cnc(Oc2ccc(CC(C)Nc3ncnc4c(F)ccc(F)c34)cc2)c(F)c1. The lowest BCUT2D eigenvalue weighted by Gasteiger charge is -2.18. The number of benzene rings is 2. The van der Waals surface area contributed by atoms with Crippen molar-refractivity contribution in [2.75, 3.05) is 5.32 Å². The van der Waals surface area contributed by atoms with Crippen LogP contribution in [0.4, 0.5) is 23.4 Å². The van der Waals surface area contributed by atoms with Gasteiger partial charge in [-0.1, -0.05) is 19.1 Å². The summed E-state index contributed by atoms with van der Waals surface area (Å²) in [4.78, 5) is 11.8. The molecule has 0 bridgehead atoms. The van der Waals surface area contributed by atoms with Crippen LogP contribution in [0.25, 0.3) is 10.9 Å². The molecule has 2 heterocycles. The van der Waals surface area contributed by atoms with Gasteiger partial charge in [-0.15, -0.1) is 0 Å². The van der Waals surface area contributed by atoms with Gasteiger partial charge in [0.15, 0.2) is 5.82 Å². The Bertz CT molecular complexity index is 1350. The molecule has 0 fully saturated rings. The Balaban J connectivity index is 1.43. The van der Waals surface area contributed by atoms with Crippen molar-refractivity contribution in [2.24, 2.45) is 0 Å². The van der Waals surface area contributed by atoms with Gasteiger partial charge in [-0.25, -0.2) is 32.5 Å². The molecule has 0 aliphatic carbocycles. The van der Waals surface area contributed by atoms with Crippen molar-refractivity contribution in [1.82, 2.24) is 15.0 Å².